The minimum absolute atomic E-state index is 0.311. The smallest absolute Gasteiger partial charge is 0.141 e. The molecule has 0 aliphatic heterocycles. The van der Waals surface area contributed by atoms with Gasteiger partial charge < -0.3 is 4.98 Å². The second kappa shape index (κ2) is 2.12. The minimum atomic E-state index is 0.311. The Morgan fingerprint density at radius 3 is 3.45 bits per heavy atom. The summed E-state index contributed by atoms with van der Waals surface area (Å²) in [7, 11) is 2.01. The topological polar surface area (TPSA) is 28.7 Å². The fraction of sp³-hybridized carbons (Fsp3) is 0.125. The van der Waals surface area contributed by atoms with Crippen molar-refractivity contribution in [1.29, 1.82) is 0 Å². The highest BCUT2D eigenvalue weighted by Crippen LogP contribution is 2.12. The van der Waals surface area contributed by atoms with E-state index in [2.05, 4.69) is 16.0 Å². The lowest BCUT2D eigenvalue weighted by Gasteiger charge is -1.92. The second-order valence-corrected chi connectivity index (χ2v) is 2.72. The first kappa shape index (κ1) is 5.41. The molecule has 11 heavy (non-hydrogen) atoms. The van der Waals surface area contributed by atoms with Crippen LogP contribution >= 0.6 is 0 Å². The van der Waals surface area contributed by atoms with Crippen molar-refractivity contribution in [2.45, 2.75) is 6.90 Å². The van der Waals surface area contributed by atoms with E-state index in [0.29, 0.717) is 6.90 Å². The Kier molecular flexibility index (Phi) is 1.04. The van der Waals surface area contributed by atoms with Gasteiger partial charge in [-0.15, -0.1) is 0 Å². The van der Waals surface area contributed by atoms with E-state index in [1.165, 1.54) is 0 Å². The molecule has 2 aromatic heterocycles. The van der Waals surface area contributed by atoms with Crippen LogP contribution in [0.2, 0.25) is 0 Å². The summed E-state index contributed by atoms with van der Waals surface area (Å²) in [6.45, 7) is 0.311. The number of rotatable bonds is 0. The summed E-state index contributed by atoms with van der Waals surface area (Å²) in [6.07, 6.45) is 3.68. The lowest BCUT2D eigenvalue weighted by molar-refractivity contribution is 1.33. The summed E-state index contributed by atoms with van der Waals surface area (Å²) < 4.78 is 7.27. The predicted octanol–water partition coefficient (Wildman–Crippen LogP) is 0.130. The van der Waals surface area contributed by atoms with Gasteiger partial charge in [0.25, 0.3) is 0 Å². The summed E-state index contributed by atoms with van der Waals surface area (Å²) >= 11 is 0. The number of fused-ring (bicyclic) bond motifs is 1. The van der Waals surface area contributed by atoms with Gasteiger partial charge in [0.2, 0.25) is 0 Å². The normalized spacial score (nSPS) is 11.8. The summed E-state index contributed by atoms with van der Waals surface area (Å²) in [6, 6.07) is 2.06. The molecule has 0 aliphatic carbocycles. The van der Waals surface area contributed by atoms with Crippen LogP contribution in [0.5, 0.6) is 0 Å². The molecule has 3 heteroatoms. The predicted molar refractivity (Wildman–Crippen MR) is 49.0 cm³/mol. The number of hydrogen-bond donors (Lipinski definition) is 1. The number of nitrogens with one attached hydrogen (secondary N) is 1. The quantitative estimate of drug-likeness (QED) is 0.524. The molecule has 2 aromatic rings. The van der Waals surface area contributed by atoms with Crippen molar-refractivity contribution in [3.8, 4) is 0 Å². The van der Waals surface area contributed by atoms with E-state index >= 15 is 0 Å². The molecule has 0 unspecified atom stereocenters. The molecule has 2 rings (SSSR count). The van der Waals surface area contributed by atoms with E-state index < -0.39 is 0 Å². The fourth-order valence-electron chi connectivity index (χ4n) is 1.16. The van der Waals surface area contributed by atoms with Gasteiger partial charge in [0.1, 0.15) is 13.5 Å². The molecule has 54 valence electrons. The van der Waals surface area contributed by atoms with E-state index in [4.69, 9.17) is 1.37 Å². The van der Waals surface area contributed by atoms with Crippen LogP contribution in [0.4, 0.5) is 0 Å². The average molecular weight is 145 g/mol. The molecule has 2 heterocycles. The van der Waals surface area contributed by atoms with Crippen molar-refractivity contribution in [3.05, 3.63) is 24.0 Å². The third-order valence-corrected chi connectivity index (χ3v) is 1.75. The van der Waals surface area contributed by atoms with Gasteiger partial charge in [-0.1, -0.05) is 11.5 Å². The zero-order chi connectivity index (χ0) is 8.55. The average Bonchev–Trinajstić information content (AvgIpc) is 2.46. The van der Waals surface area contributed by atoms with Gasteiger partial charge in [0.05, 0.1) is 0 Å². The molecule has 0 saturated carbocycles. The Balaban J connectivity index is 2.75. The highest BCUT2D eigenvalue weighted by atomic mass is 14.8. The van der Waals surface area contributed by atoms with Crippen LogP contribution in [0, 0.1) is 6.90 Å². The maximum Gasteiger partial charge on any atom is 0.141 e. The number of H-pyrrole nitrogens is 1. The molecule has 0 bridgehead atoms. The van der Waals surface area contributed by atoms with Crippen molar-refractivity contribution in [2.75, 3.05) is 0 Å². The summed E-state index contributed by atoms with van der Waals surface area (Å²) in [5, 5.41) is 1.07. The zero-order valence-corrected chi connectivity index (χ0v) is 6.39. The molecule has 0 aromatic carbocycles. The fourth-order valence-corrected chi connectivity index (χ4v) is 1.16. The van der Waals surface area contributed by atoms with Crippen LogP contribution in [0.3, 0.4) is 0 Å². The highest BCUT2D eigenvalue weighted by molar-refractivity contribution is 6.32. The largest absolute Gasteiger partial charge is 0.346 e. The second-order valence-electron chi connectivity index (χ2n) is 2.72. The van der Waals surface area contributed by atoms with Crippen LogP contribution in [0.15, 0.2) is 18.5 Å². The van der Waals surface area contributed by atoms with Crippen LogP contribution in [-0.2, 0) is 0 Å². The van der Waals surface area contributed by atoms with Gasteiger partial charge in [-0.05, 0) is 12.5 Å². The Labute approximate surface area is 67.5 Å². The molecule has 0 aliphatic rings. The molecule has 0 spiro atoms. The first-order valence-electron chi connectivity index (χ1n) is 4.24. The number of hydrogen-bond acceptors (Lipinski definition) is 1. The van der Waals surface area contributed by atoms with E-state index in [1.807, 2.05) is 20.2 Å². The van der Waals surface area contributed by atoms with Crippen molar-refractivity contribution in [1.82, 2.24) is 9.97 Å². The van der Waals surface area contributed by atoms with Crippen LogP contribution in [-0.4, -0.2) is 17.8 Å². The van der Waals surface area contributed by atoms with Gasteiger partial charge >= 0.3 is 0 Å². The van der Waals surface area contributed by atoms with E-state index in [-0.39, 0.29) is 0 Å². The summed E-state index contributed by atoms with van der Waals surface area (Å²) in [5.74, 6) is 0. The van der Waals surface area contributed by atoms with Gasteiger partial charge in [-0.25, -0.2) is 4.98 Å². The SMILES string of the molecule is [2H]Cc1c[nH]c2ncc(B)cc12. The molecule has 1 N–H and O–H groups in total. The molecule has 0 radical (unpaired) electrons. The number of aryl methyl sites for hydroxylation is 1. The third-order valence-electron chi connectivity index (χ3n) is 1.75. The van der Waals surface area contributed by atoms with Crippen LogP contribution in [0.25, 0.3) is 11.0 Å². The Hall–Kier alpha value is -1.25. The maximum atomic E-state index is 7.27. The molecule has 0 amide bonds. The molecule has 0 fully saturated rings. The molecular formula is C8H9BN2. The Morgan fingerprint density at radius 1 is 1.73 bits per heavy atom. The van der Waals surface area contributed by atoms with Crippen molar-refractivity contribution >= 4 is 24.3 Å². The van der Waals surface area contributed by atoms with Crippen molar-refractivity contribution in [2.24, 2.45) is 0 Å². The third kappa shape index (κ3) is 0.927. The van der Waals surface area contributed by atoms with E-state index in [9.17, 15) is 0 Å². The Bertz CT molecular complexity index is 410. The van der Waals surface area contributed by atoms with Crippen molar-refractivity contribution in [3.63, 3.8) is 0 Å². The first-order chi connectivity index (χ1) is 5.81. The highest BCUT2D eigenvalue weighted by Gasteiger charge is 1.98. The molecule has 0 saturated heterocycles. The van der Waals surface area contributed by atoms with E-state index in [1.54, 1.807) is 0 Å². The summed E-state index contributed by atoms with van der Waals surface area (Å²) in [4.78, 5) is 7.25. The number of nitrogens with zero attached hydrogens (tertiary/aromatic N) is 1. The number of aromatic amines is 1. The first-order valence-corrected chi connectivity index (χ1v) is 3.53. The van der Waals surface area contributed by atoms with Crippen LogP contribution < -0.4 is 5.46 Å². The van der Waals surface area contributed by atoms with Gasteiger partial charge in [0, 0.05) is 19.2 Å². The van der Waals surface area contributed by atoms with Gasteiger partial charge in [0.15, 0.2) is 0 Å². The molecular weight excluding hydrogens is 135 g/mol. The number of pyridine rings is 1. The van der Waals surface area contributed by atoms with Crippen LogP contribution in [0.1, 0.15) is 6.93 Å². The lowest BCUT2D eigenvalue weighted by atomic mass is 9.97. The Morgan fingerprint density at radius 2 is 2.64 bits per heavy atom. The van der Waals surface area contributed by atoms with Gasteiger partial charge in [-0.3, -0.25) is 0 Å². The minimum Gasteiger partial charge on any atom is -0.346 e. The van der Waals surface area contributed by atoms with E-state index in [0.717, 1.165) is 22.1 Å². The number of aromatic nitrogens is 2. The maximum absolute atomic E-state index is 7.27. The standard InChI is InChI=1S/C8H9BN2/c1-5-3-10-8-7(5)2-6(9)4-11-8/h2-4H,9H2,1H3,(H,10,11)/i1D. The van der Waals surface area contributed by atoms with Gasteiger partial charge in [-0.2, -0.15) is 0 Å². The zero-order valence-electron chi connectivity index (χ0n) is 7.39. The molecule has 0 atom stereocenters. The lowest BCUT2D eigenvalue weighted by Crippen LogP contribution is -2.01. The monoisotopic (exact) mass is 145 g/mol. The summed E-state index contributed by atoms with van der Waals surface area (Å²) in [5.41, 5.74) is 3.03. The van der Waals surface area contributed by atoms with Crippen molar-refractivity contribution < 1.29 is 1.37 Å². The molecule has 2 nitrogen and oxygen atoms in total.